The number of aromatic nitrogens is 2. The molecule has 0 atom stereocenters. The normalized spacial score (nSPS) is 17.8. The molecule has 1 aromatic carbocycles. The van der Waals surface area contributed by atoms with Crippen molar-refractivity contribution in [2.24, 2.45) is 0 Å². The van der Waals surface area contributed by atoms with Crippen LogP contribution in [0, 0.1) is 0 Å². The largest absolute Gasteiger partial charge is 0.493 e. The van der Waals surface area contributed by atoms with Crippen molar-refractivity contribution in [3.63, 3.8) is 0 Å². The predicted molar refractivity (Wildman–Crippen MR) is 85.4 cm³/mol. The van der Waals surface area contributed by atoms with E-state index in [1.807, 2.05) is 4.90 Å². The molecule has 2 aliphatic rings. The Labute approximate surface area is 135 Å². The van der Waals surface area contributed by atoms with Gasteiger partial charge in [0.1, 0.15) is 11.4 Å². The molecule has 0 saturated carbocycles. The summed E-state index contributed by atoms with van der Waals surface area (Å²) in [4.78, 5) is 16.6. The van der Waals surface area contributed by atoms with Crippen molar-refractivity contribution < 1.29 is 9.53 Å². The third-order valence-corrected chi connectivity index (χ3v) is 4.55. The molecule has 0 aliphatic carbocycles. The molecule has 1 saturated heterocycles. The van der Waals surface area contributed by atoms with Crippen LogP contribution in [-0.2, 0) is 13.0 Å². The Hall–Kier alpha value is -2.34. The fraction of sp³-hybridized carbons (Fsp3) is 0.412. The van der Waals surface area contributed by atoms with Crippen LogP contribution in [0.2, 0.25) is 0 Å². The molecule has 23 heavy (non-hydrogen) atoms. The number of H-pyrrole nitrogens is 1. The number of ether oxygens (including phenoxy) is 1. The Kier molecular flexibility index (Phi) is 3.75. The number of fused-ring (bicyclic) bond motifs is 1. The van der Waals surface area contributed by atoms with Crippen LogP contribution in [0.1, 0.15) is 21.6 Å². The van der Waals surface area contributed by atoms with Gasteiger partial charge in [0.25, 0.3) is 5.91 Å². The quantitative estimate of drug-likeness (QED) is 0.928. The van der Waals surface area contributed by atoms with E-state index in [1.54, 1.807) is 12.3 Å². The van der Waals surface area contributed by atoms with E-state index in [1.165, 1.54) is 11.1 Å². The van der Waals surface area contributed by atoms with E-state index in [4.69, 9.17) is 4.74 Å². The lowest BCUT2D eigenvalue weighted by Gasteiger charge is -2.34. The minimum Gasteiger partial charge on any atom is -0.493 e. The molecule has 1 amide bonds. The second-order valence-electron chi connectivity index (χ2n) is 6.08. The number of nitrogens with one attached hydrogen (secondary N) is 1. The molecule has 6 nitrogen and oxygen atoms in total. The number of benzene rings is 1. The topological polar surface area (TPSA) is 61.5 Å². The number of carbonyl (C=O) groups is 1. The summed E-state index contributed by atoms with van der Waals surface area (Å²) in [6.07, 6.45) is 2.62. The van der Waals surface area contributed by atoms with Gasteiger partial charge in [-0.05, 0) is 23.3 Å². The molecular weight excluding hydrogens is 292 g/mol. The highest BCUT2D eigenvalue weighted by molar-refractivity contribution is 5.92. The number of piperazine rings is 1. The van der Waals surface area contributed by atoms with Crippen molar-refractivity contribution >= 4 is 5.91 Å². The van der Waals surface area contributed by atoms with E-state index in [0.29, 0.717) is 5.69 Å². The standard InChI is InChI=1S/C17H20N4O2/c22-17(15-3-5-18-19-15)21-8-6-20(7-9-21)12-13-1-2-16-14(11-13)4-10-23-16/h1-3,5,11H,4,6-10,12H2,(H,18,19). The Bertz CT molecular complexity index is 691. The molecule has 120 valence electrons. The maximum absolute atomic E-state index is 12.3. The molecule has 2 aliphatic heterocycles. The van der Waals surface area contributed by atoms with Gasteiger partial charge in [-0.15, -0.1) is 0 Å². The number of carbonyl (C=O) groups excluding carboxylic acids is 1. The smallest absolute Gasteiger partial charge is 0.271 e. The number of amides is 1. The summed E-state index contributed by atoms with van der Waals surface area (Å²) in [6, 6.07) is 8.20. The van der Waals surface area contributed by atoms with Crippen molar-refractivity contribution in [1.29, 1.82) is 0 Å². The summed E-state index contributed by atoms with van der Waals surface area (Å²) in [7, 11) is 0. The van der Waals surface area contributed by atoms with Gasteiger partial charge in [0, 0.05) is 45.3 Å². The van der Waals surface area contributed by atoms with Crippen LogP contribution in [0.3, 0.4) is 0 Å². The zero-order valence-electron chi connectivity index (χ0n) is 13.0. The molecule has 0 radical (unpaired) electrons. The molecule has 1 aromatic heterocycles. The van der Waals surface area contributed by atoms with Crippen molar-refractivity contribution in [2.75, 3.05) is 32.8 Å². The van der Waals surface area contributed by atoms with Gasteiger partial charge >= 0.3 is 0 Å². The van der Waals surface area contributed by atoms with Crippen LogP contribution in [0.25, 0.3) is 0 Å². The lowest BCUT2D eigenvalue weighted by molar-refractivity contribution is 0.0622. The second kappa shape index (κ2) is 6.04. The summed E-state index contributed by atoms with van der Waals surface area (Å²) < 4.78 is 5.55. The highest BCUT2D eigenvalue weighted by Crippen LogP contribution is 2.26. The Balaban J connectivity index is 1.34. The van der Waals surface area contributed by atoms with Gasteiger partial charge in [0.15, 0.2) is 0 Å². The van der Waals surface area contributed by atoms with Crippen LogP contribution in [0.4, 0.5) is 0 Å². The van der Waals surface area contributed by atoms with Gasteiger partial charge in [0.2, 0.25) is 0 Å². The number of hydrogen-bond acceptors (Lipinski definition) is 4. The molecule has 3 heterocycles. The molecule has 0 bridgehead atoms. The van der Waals surface area contributed by atoms with E-state index in [0.717, 1.165) is 51.5 Å². The Morgan fingerprint density at radius 3 is 2.87 bits per heavy atom. The number of rotatable bonds is 3. The Morgan fingerprint density at radius 2 is 2.09 bits per heavy atom. The molecule has 1 N–H and O–H groups in total. The molecule has 4 rings (SSSR count). The maximum Gasteiger partial charge on any atom is 0.271 e. The van der Waals surface area contributed by atoms with E-state index >= 15 is 0 Å². The zero-order valence-corrected chi connectivity index (χ0v) is 13.0. The van der Waals surface area contributed by atoms with Crippen LogP contribution in [0.15, 0.2) is 30.5 Å². The summed E-state index contributed by atoms with van der Waals surface area (Å²) in [5.41, 5.74) is 3.20. The van der Waals surface area contributed by atoms with E-state index in [2.05, 4.69) is 33.3 Å². The maximum atomic E-state index is 12.3. The third-order valence-electron chi connectivity index (χ3n) is 4.55. The van der Waals surface area contributed by atoms with E-state index in [9.17, 15) is 4.79 Å². The van der Waals surface area contributed by atoms with Gasteiger partial charge in [-0.1, -0.05) is 12.1 Å². The highest BCUT2D eigenvalue weighted by Gasteiger charge is 2.23. The molecule has 0 spiro atoms. The molecule has 6 heteroatoms. The van der Waals surface area contributed by atoms with Crippen molar-refractivity contribution in [1.82, 2.24) is 20.0 Å². The molecule has 1 fully saturated rings. The summed E-state index contributed by atoms with van der Waals surface area (Å²) >= 11 is 0. The van der Waals surface area contributed by atoms with Crippen molar-refractivity contribution in [3.05, 3.63) is 47.3 Å². The first-order valence-electron chi connectivity index (χ1n) is 8.05. The van der Waals surface area contributed by atoms with Gasteiger partial charge in [-0.3, -0.25) is 14.8 Å². The SMILES string of the molecule is O=C(c1ccn[nH]1)N1CCN(Cc2ccc3c(c2)CCO3)CC1. The first-order valence-corrected chi connectivity index (χ1v) is 8.05. The number of nitrogens with zero attached hydrogens (tertiary/aromatic N) is 3. The van der Waals surface area contributed by atoms with Crippen LogP contribution in [0.5, 0.6) is 5.75 Å². The Morgan fingerprint density at radius 1 is 1.22 bits per heavy atom. The molecule has 0 unspecified atom stereocenters. The highest BCUT2D eigenvalue weighted by atomic mass is 16.5. The van der Waals surface area contributed by atoms with Crippen LogP contribution in [-0.4, -0.2) is 58.7 Å². The van der Waals surface area contributed by atoms with Crippen LogP contribution < -0.4 is 4.74 Å². The minimum absolute atomic E-state index is 0.0387. The van der Waals surface area contributed by atoms with Crippen molar-refractivity contribution in [2.45, 2.75) is 13.0 Å². The molecular formula is C17H20N4O2. The predicted octanol–water partition coefficient (Wildman–Crippen LogP) is 1.30. The second-order valence-corrected chi connectivity index (χ2v) is 6.08. The van der Waals surface area contributed by atoms with Gasteiger partial charge in [0.05, 0.1) is 6.61 Å². The first-order chi connectivity index (χ1) is 11.3. The fourth-order valence-electron chi connectivity index (χ4n) is 3.25. The zero-order chi connectivity index (χ0) is 15.6. The fourth-order valence-corrected chi connectivity index (χ4v) is 3.25. The average molecular weight is 312 g/mol. The van der Waals surface area contributed by atoms with Crippen molar-refractivity contribution in [3.8, 4) is 5.75 Å². The van der Waals surface area contributed by atoms with E-state index in [-0.39, 0.29) is 5.91 Å². The van der Waals surface area contributed by atoms with Gasteiger partial charge < -0.3 is 9.64 Å². The minimum atomic E-state index is 0.0387. The lowest BCUT2D eigenvalue weighted by atomic mass is 10.1. The summed E-state index contributed by atoms with van der Waals surface area (Å²) in [6.45, 7) is 5.03. The molecule has 2 aromatic rings. The van der Waals surface area contributed by atoms with Gasteiger partial charge in [-0.25, -0.2) is 0 Å². The van der Waals surface area contributed by atoms with Crippen LogP contribution >= 0.6 is 0 Å². The summed E-state index contributed by atoms with van der Waals surface area (Å²) in [5.74, 6) is 1.07. The monoisotopic (exact) mass is 312 g/mol. The average Bonchev–Trinajstić information content (AvgIpc) is 3.26. The van der Waals surface area contributed by atoms with E-state index < -0.39 is 0 Å². The third kappa shape index (κ3) is 2.94. The van der Waals surface area contributed by atoms with Gasteiger partial charge in [-0.2, -0.15) is 5.10 Å². The lowest BCUT2D eigenvalue weighted by Crippen LogP contribution is -2.48. The number of aromatic amines is 1. The summed E-state index contributed by atoms with van der Waals surface area (Å²) in [5, 5.41) is 6.59. The first kappa shape index (κ1) is 14.3. The number of hydrogen-bond donors (Lipinski definition) is 1.